The third-order valence-electron chi connectivity index (χ3n) is 5.39. The summed E-state index contributed by atoms with van der Waals surface area (Å²) < 4.78 is 20.7. The van der Waals surface area contributed by atoms with E-state index in [9.17, 15) is 4.39 Å². The van der Waals surface area contributed by atoms with Crippen LogP contribution in [0.2, 0.25) is 0 Å². The van der Waals surface area contributed by atoms with E-state index in [-0.39, 0.29) is 11.9 Å². The first-order valence-electron chi connectivity index (χ1n) is 9.71. The van der Waals surface area contributed by atoms with Gasteiger partial charge in [0.25, 0.3) is 0 Å². The molecule has 0 aliphatic carbocycles. The molecule has 1 fully saturated rings. The summed E-state index contributed by atoms with van der Waals surface area (Å²) in [5.74, 6) is 1.31. The molecule has 0 radical (unpaired) electrons. The first kappa shape index (κ1) is 19.5. The molecule has 0 amide bonds. The van der Waals surface area contributed by atoms with Crippen LogP contribution in [0, 0.1) is 5.82 Å². The van der Waals surface area contributed by atoms with Crippen molar-refractivity contribution in [2.24, 2.45) is 0 Å². The summed E-state index contributed by atoms with van der Waals surface area (Å²) in [7, 11) is 3.81. The average Bonchev–Trinajstić information content (AvgIpc) is 3.19. The molecule has 0 N–H and O–H groups in total. The van der Waals surface area contributed by atoms with Gasteiger partial charge >= 0.3 is 0 Å². The highest BCUT2D eigenvalue weighted by Gasteiger charge is 2.31. The third kappa shape index (κ3) is 4.28. The number of para-hydroxylation sites is 1. The van der Waals surface area contributed by atoms with E-state index in [1.807, 2.05) is 18.2 Å². The van der Waals surface area contributed by atoms with E-state index in [4.69, 9.17) is 4.74 Å². The average molecular weight is 396 g/mol. The number of rotatable bonds is 6. The van der Waals surface area contributed by atoms with Gasteiger partial charge in [-0.15, -0.1) is 5.10 Å². The largest absolute Gasteiger partial charge is 0.496 e. The van der Waals surface area contributed by atoms with Gasteiger partial charge in [0.15, 0.2) is 5.82 Å². The second-order valence-corrected chi connectivity index (χ2v) is 7.30. The third-order valence-corrected chi connectivity index (χ3v) is 5.39. The van der Waals surface area contributed by atoms with Crippen molar-refractivity contribution in [3.63, 3.8) is 0 Å². The van der Waals surface area contributed by atoms with E-state index in [1.165, 1.54) is 12.1 Å². The second kappa shape index (κ2) is 8.67. The lowest BCUT2D eigenvalue weighted by molar-refractivity contribution is 0.120. The molecule has 152 valence electrons. The first-order chi connectivity index (χ1) is 14.2. The molecule has 3 aromatic rings. The van der Waals surface area contributed by atoms with Gasteiger partial charge < -0.3 is 9.64 Å². The Kier molecular flexibility index (Phi) is 5.82. The molecule has 2 aromatic carbocycles. The maximum Gasteiger partial charge on any atom is 0.173 e. The van der Waals surface area contributed by atoms with E-state index in [1.54, 1.807) is 23.9 Å². The van der Waals surface area contributed by atoms with Crippen molar-refractivity contribution in [1.29, 1.82) is 0 Å². The summed E-state index contributed by atoms with van der Waals surface area (Å²) in [5.41, 5.74) is 1.98. The van der Waals surface area contributed by atoms with E-state index in [0.717, 1.165) is 48.9 Å². The van der Waals surface area contributed by atoms with Gasteiger partial charge in [-0.2, -0.15) is 0 Å². The molecule has 1 saturated heterocycles. The van der Waals surface area contributed by atoms with E-state index in [0.29, 0.717) is 6.54 Å². The number of likely N-dealkylation sites (N-methyl/N-ethyl adjacent to an activating group) is 1. The predicted octanol–water partition coefficient (Wildman–Crippen LogP) is 2.21. The highest BCUT2D eigenvalue weighted by atomic mass is 19.1. The molecule has 8 heteroatoms. The molecular weight excluding hydrogens is 371 g/mol. The maximum absolute atomic E-state index is 13.3. The van der Waals surface area contributed by atoms with Crippen LogP contribution in [-0.4, -0.2) is 70.3 Å². The van der Waals surface area contributed by atoms with Crippen LogP contribution in [0.5, 0.6) is 5.75 Å². The Labute approximate surface area is 169 Å². The van der Waals surface area contributed by atoms with Crippen molar-refractivity contribution in [1.82, 2.24) is 30.0 Å². The Hall–Kier alpha value is -2.84. The second-order valence-electron chi connectivity index (χ2n) is 7.30. The lowest BCUT2D eigenvalue weighted by Crippen LogP contribution is -2.46. The fourth-order valence-corrected chi connectivity index (χ4v) is 3.75. The fraction of sp³-hybridized carbons (Fsp3) is 0.381. The zero-order valence-electron chi connectivity index (χ0n) is 16.7. The lowest BCUT2D eigenvalue weighted by atomic mass is 10.0. The van der Waals surface area contributed by atoms with Crippen molar-refractivity contribution in [3.05, 3.63) is 71.3 Å². The summed E-state index contributed by atoms with van der Waals surface area (Å²) in [4.78, 5) is 4.71. The number of aromatic nitrogens is 4. The molecule has 1 aliphatic rings. The molecule has 1 aromatic heterocycles. The monoisotopic (exact) mass is 396 g/mol. The molecule has 1 aliphatic heterocycles. The number of nitrogens with zero attached hydrogens (tertiary/aromatic N) is 6. The zero-order chi connectivity index (χ0) is 20.2. The van der Waals surface area contributed by atoms with Gasteiger partial charge in [-0.05, 0) is 41.2 Å². The normalized spacial score (nSPS) is 16.7. The Morgan fingerprint density at radius 1 is 1.03 bits per heavy atom. The summed E-state index contributed by atoms with van der Waals surface area (Å²) in [6.45, 7) is 4.24. The fourth-order valence-electron chi connectivity index (χ4n) is 3.75. The molecule has 0 spiro atoms. The van der Waals surface area contributed by atoms with Gasteiger partial charge in [-0.1, -0.05) is 30.3 Å². The van der Waals surface area contributed by atoms with Gasteiger partial charge in [-0.3, -0.25) is 4.90 Å². The van der Waals surface area contributed by atoms with Gasteiger partial charge in [-0.25, -0.2) is 9.07 Å². The van der Waals surface area contributed by atoms with Crippen molar-refractivity contribution < 1.29 is 9.13 Å². The number of hydrogen-bond acceptors (Lipinski definition) is 6. The standard InChI is InChI=1S/C21H25FN6O/c1-26-11-13-27(14-12-26)20(18-5-3-4-6-19(18)29-2)21-23-24-25-28(21)15-16-7-9-17(22)10-8-16/h3-10,20H,11-15H2,1-2H3. The first-order valence-corrected chi connectivity index (χ1v) is 9.71. The molecule has 1 unspecified atom stereocenters. The predicted molar refractivity (Wildman–Crippen MR) is 107 cm³/mol. The SMILES string of the molecule is COc1ccccc1C(c1nnnn1Cc1ccc(F)cc1)N1CCN(C)CC1. The van der Waals surface area contributed by atoms with Crippen LogP contribution in [-0.2, 0) is 6.54 Å². The van der Waals surface area contributed by atoms with E-state index in [2.05, 4.69) is 38.4 Å². The Morgan fingerprint density at radius 3 is 2.48 bits per heavy atom. The Morgan fingerprint density at radius 2 is 1.76 bits per heavy atom. The number of hydrogen-bond donors (Lipinski definition) is 0. The van der Waals surface area contributed by atoms with Crippen LogP contribution in [0.15, 0.2) is 48.5 Å². The number of halogens is 1. The minimum atomic E-state index is -0.255. The molecule has 2 heterocycles. The summed E-state index contributed by atoms with van der Waals surface area (Å²) in [6, 6.07) is 14.3. The topological polar surface area (TPSA) is 59.3 Å². The Balaban J connectivity index is 1.72. The molecule has 1 atom stereocenters. The van der Waals surface area contributed by atoms with Crippen molar-refractivity contribution in [3.8, 4) is 5.75 Å². The summed E-state index contributed by atoms with van der Waals surface area (Å²) in [6.07, 6.45) is 0. The van der Waals surface area contributed by atoms with E-state index < -0.39 is 0 Å². The minimum Gasteiger partial charge on any atom is -0.496 e. The van der Waals surface area contributed by atoms with E-state index >= 15 is 0 Å². The number of piperazine rings is 1. The van der Waals surface area contributed by atoms with Gasteiger partial charge in [0, 0.05) is 31.7 Å². The van der Waals surface area contributed by atoms with Gasteiger partial charge in [0.05, 0.1) is 13.7 Å². The highest BCUT2D eigenvalue weighted by Crippen LogP contribution is 2.34. The maximum atomic E-state index is 13.3. The zero-order valence-corrected chi connectivity index (χ0v) is 16.7. The van der Waals surface area contributed by atoms with Crippen LogP contribution in [0.1, 0.15) is 23.0 Å². The molecule has 7 nitrogen and oxygen atoms in total. The number of ether oxygens (including phenoxy) is 1. The molecule has 0 bridgehead atoms. The quantitative estimate of drug-likeness (QED) is 0.637. The number of methoxy groups -OCH3 is 1. The molecular formula is C21H25FN6O. The summed E-state index contributed by atoms with van der Waals surface area (Å²) >= 11 is 0. The number of tetrazole rings is 1. The minimum absolute atomic E-state index is 0.129. The Bertz CT molecular complexity index is 936. The summed E-state index contributed by atoms with van der Waals surface area (Å²) in [5, 5.41) is 12.6. The van der Waals surface area contributed by atoms with Crippen molar-refractivity contribution in [2.45, 2.75) is 12.6 Å². The van der Waals surface area contributed by atoms with Crippen LogP contribution in [0.25, 0.3) is 0 Å². The van der Waals surface area contributed by atoms with Gasteiger partial charge in [0.1, 0.15) is 17.6 Å². The van der Waals surface area contributed by atoms with Crippen LogP contribution >= 0.6 is 0 Å². The van der Waals surface area contributed by atoms with Crippen LogP contribution in [0.4, 0.5) is 4.39 Å². The molecule has 0 saturated carbocycles. The van der Waals surface area contributed by atoms with Crippen LogP contribution in [0.3, 0.4) is 0 Å². The van der Waals surface area contributed by atoms with Crippen molar-refractivity contribution >= 4 is 0 Å². The smallest absolute Gasteiger partial charge is 0.173 e. The molecule has 29 heavy (non-hydrogen) atoms. The lowest BCUT2D eigenvalue weighted by Gasteiger charge is -2.37. The highest BCUT2D eigenvalue weighted by molar-refractivity contribution is 5.39. The van der Waals surface area contributed by atoms with Crippen LogP contribution < -0.4 is 4.74 Å². The number of benzene rings is 2. The van der Waals surface area contributed by atoms with Gasteiger partial charge in [0.2, 0.25) is 0 Å². The molecule has 4 rings (SSSR count). The van der Waals surface area contributed by atoms with Crippen molar-refractivity contribution in [2.75, 3.05) is 40.3 Å².